The molecule has 3 N–H and O–H groups in total. The number of carbonyl (C=O) groups excluding carboxylic acids is 1. The Balaban J connectivity index is 1.83. The number of nitrogens with two attached hydrogens (primary N) is 1. The van der Waals surface area contributed by atoms with Crippen LogP contribution in [0.2, 0.25) is 0 Å². The predicted octanol–water partition coefficient (Wildman–Crippen LogP) is 1.24. The molecule has 1 aromatic heterocycles. The lowest BCUT2D eigenvalue weighted by Gasteiger charge is -2.15. The Morgan fingerprint density at radius 3 is 2.65 bits per heavy atom. The van der Waals surface area contributed by atoms with Gasteiger partial charge in [-0.25, -0.2) is 4.68 Å². The monoisotopic (exact) mass is 353 g/mol. The fraction of sp³-hybridized carbons (Fsp3) is 0.211. The first-order valence-electron chi connectivity index (χ1n) is 8.13. The molecular formula is C19H19N3O4. The lowest BCUT2D eigenvalue weighted by Crippen LogP contribution is -2.34. The number of benzene rings is 2. The van der Waals surface area contributed by atoms with Crippen molar-refractivity contribution in [1.29, 1.82) is 0 Å². The molecule has 3 rings (SSSR count). The van der Waals surface area contributed by atoms with Crippen LogP contribution in [0.3, 0.4) is 0 Å². The number of hydrogen-bond acceptors (Lipinski definition) is 5. The SMILES string of the molecule is Cc1cccc(OC[C@H](O)Cn2nc(C(N)=O)c3ccccc3c2=O)c1. The number of ether oxygens (including phenoxy) is 1. The highest BCUT2D eigenvalue weighted by atomic mass is 16.5. The van der Waals surface area contributed by atoms with E-state index in [0.717, 1.165) is 10.2 Å². The maximum absolute atomic E-state index is 12.6. The zero-order chi connectivity index (χ0) is 18.7. The van der Waals surface area contributed by atoms with Crippen molar-refractivity contribution < 1.29 is 14.6 Å². The summed E-state index contributed by atoms with van der Waals surface area (Å²) in [5, 5.41) is 15.0. The summed E-state index contributed by atoms with van der Waals surface area (Å²) in [4.78, 5) is 24.2. The van der Waals surface area contributed by atoms with Gasteiger partial charge in [-0.2, -0.15) is 5.10 Å². The van der Waals surface area contributed by atoms with Crippen molar-refractivity contribution in [3.63, 3.8) is 0 Å². The molecule has 1 atom stereocenters. The van der Waals surface area contributed by atoms with E-state index >= 15 is 0 Å². The van der Waals surface area contributed by atoms with Gasteiger partial charge < -0.3 is 15.6 Å². The smallest absolute Gasteiger partial charge is 0.274 e. The summed E-state index contributed by atoms with van der Waals surface area (Å²) in [7, 11) is 0. The molecule has 0 aliphatic rings. The first-order valence-corrected chi connectivity index (χ1v) is 8.13. The third-order valence-electron chi connectivity index (χ3n) is 3.92. The van der Waals surface area contributed by atoms with Crippen molar-refractivity contribution in [2.24, 2.45) is 5.73 Å². The number of aliphatic hydroxyl groups is 1. The summed E-state index contributed by atoms with van der Waals surface area (Å²) < 4.78 is 6.59. The highest BCUT2D eigenvalue weighted by Crippen LogP contribution is 2.14. The van der Waals surface area contributed by atoms with Gasteiger partial charge in [0.15, 0.2) is 5.69 Å². The molecule has 1 heterocycles. The largest absolute Gasteiger partial charge is 0.491 e. The van der Waals surface area contributed by atoms with E-state index in [4.69, 9.17) is 10.5 Å². The summed E-state index contributed by atoms with van der Waals surface area (Å²) >= 11 is 0. The van der Waals surface area contributed by atoms with Gasteiger partial charge in [-0.3, -0.25) is 9.59 Å². The molecule has 0 aliphatic heterocycles. The van der Waals surface area contributed by atoms with Gasteiger partial charge in [0.1, 0.15) is 18.5 Å². The second-order valence-electron chi connectivity index (χ2n) is 6.03. The van der Waals surface area contributed by atoms with Gasteiger partial charge in [-0.15, -0.1) is 0 Å². The summed E-state index contributed by atoms with van der Waals surface area (Å²) in [6.07, 6.45) is -0.984. The predicted molar refractivity (Wildman–Crippen MR) is 97.2 cm³/mol. The molecule has 26 heavy (non-hydrogen) atoms. The van der Waals surface area contributed by atoms with Crippen LogP contribution in [0, 0.1) is 6.92 Å². The molecule has 2 aromatic carbocycles. The first kappa shape index (κ1) is 17.6. The molecule has 0 spiro atoms. The van der Waals surface area contributed by atoms with Gasteiger partial charge in [0.05, 0.1) is 11.9 Å². The standard InChI is InChI=1S/C19H19N3O4/c1-12-5-4-6-14(9-12)26-11-13(23)10-22-19(25)16-8-3-2-7-15(16)17(21-22)18(20)24/h2-9,13,23H,10-11H2,1H3,(H2,20,24)/t13-/m1/s1. The minimum Gasteiger partial charge on any atom is -0.491 e. The number of aryl methyl sites for hydroxylation is 1. The molecule has 7 nitrogen and oxygen atoms in total. The maximum atomic E-state index is 12.6. The highest BCUT2D eigenvalue weighted by Gasteiger charge is 2.16. The summed E-state index contributed by atoms with van der Waals surface area (Å²) in [5.74, 6) is -0.110. The van der Waals surface area contributed by atoms with E-state index < -0.39 is 17.6 Å². The number of carbonyl (C=O) groups is 1. The number of primary amides is 1. The number of aliphatic hydroxyl groups excluding tert-OH is 1. The zero-order valence-electron chi connectivity index (χ0n) is 14.3. The van der Waals surface area contributed by atoms with Crippen molar-refractivity contribution in [3.8, 4) is 5.75 Å². The maximum Gasteiger partial charge on any atom is 0.274 e. The van der Waals surface area contributed by atoms with Crippen LogP contribution in [0.1, 0.15) is 16.1 Å². The van der Waals surface area contributed by atoms with E-state index in [1.165, 1.54) is 0 Å². The number of hydrogen-bond donors (Lipinski definition) is 2. The molecule has 3 aromatic rings. The van der Waals surface area contributed by atoms with E-state index in [9.17, 15) is 14.7 Å². The minimum atomic E-state index is -0.984. The van der Waals surface area contributed by atoms with Crippen LogP contribution in [0.25, 0.3) is 10.8 Å². The molecule has 0 radical (unpaired) electrons. The Morgan fingerprint density at radius 1 is 1.23 bits per heavy atom. The highest BCUT2D eigenvalue weighted by molar-refractivity contribution is 6.03. The van der Waals surface area contributed by atoms with Gasteiger partial charge >= 0.3 is 0 Å². The van der Waals surface area contributed by atoms with Crippen LogP contribution >= 0.6 is 0 Å². The molecular weight excluding hydrogens is 334 g/mol. The number of nitrogens with zero attached hydrogens (tertiary/aromatic N) is 2. The zero-order valence-corrected chi connectivity index (χ0v) is 14.3. The number of aromatic nitrogens is 2. The van der Waals surface area contributed by atoms with Gasteiger partial charge in [0.25, 0.3) is 11.5 Å². The summed E-state index contributed by atoms with van der Waals surface area (Å²) in [6, 6.07) is 14.0. The molecule has 7 heteroatoms. The Morgan fingerprint density at radius 2 is 1.96 bits per heavy atom. The van der Waals surface area contributed by atoms with Crippen molar-refractivity contribution in [1.82, 2.24) is 9.78 Å². The van der Waals surface area contributed by atoms with E-state index in [1.54, 1.807) is 30.3 Å². The third kappa shape index (κ3) is 3.73. The van der Waals surface area contributed by atoms with Gasteiger partial charge in [-0.05, 0) is 30.7 Å². The van der Waals surface area contributed by atoms with Crippen LogP contribution in [0.4, 0.5) is 0 Å². The molecule has 0 saturated heterocycles. The molecule has 0 unspecified atom stereocenters. The minimum absolute atomic E-state index is 0.00741. The van der Waals surface area contributed by atoms with Crippen molar-refractivity contribution in [2.45, 2.75) is 19.6 Å². The lowest BCUT2D eigenvalue weighted by molar-refractivity contribution is 0.0871. The van der Waals surface area contributed by atoms with Gasteiger partial charge in [0.2, 0.25) is 0 Å². The van der Waals surface area contributed by atoms with Crippen LogP contribution in [0.15, 0.2) is 53.3 Å². The third-order valence-corrected chi connectivity index (χ3v) is 3.92. The van der Waals surface area contributed by atoms with Gasteiger partial charge in [0, 0.05) is 5.39 Å². The van der Waals surface area contributed by atoms with Crippen LogP contribution in [-0.4, -0.2) is 33.5 Å². The Labute approximate surface area is 149 Å². The molecule has 0 fully saturated rings. The fourth-order valence-electron chi connectivity index (χ4n) is 2.69. The second-order valence-corrected chi connectivity index (χ2v) is 6.03. The van der Waals surface area contributed by atoms with Crippen molar-refractivity contribution in [2.75, 3.05) is 6.61 Å². The number of fused-ring (bicyclic) bond motifs is 1. The van der Waals surface area contributed by atoms with E-state index in [0.29, 0.717) is 16.5 Å². The van der Waals surface area contributed by atoms with Crippen molar-refractivity contribution in [3.05, 3.63) is 70.1 Å². The Kier molecular flexibility index (Phi) is 4.99. The normalized spacial score (nSPS) is 12.1. The molecule has 0 saturated carbocycles. The van der Waals surface area contributed by atoms with E-state index in [2.05, 4.69) is 5.10 Å². The van der Waals surface area contributed by atoms with Gasteiger partial charge in [-0.1, -0.05) is 30.3 Å². The Bertz CT molecular complexity index is 1010. The first-order chi connectivity index (χ1) is 12.5. The molecule has 0 aliphatic carbocycles. The van der Waals surface area contributed by atoms with Crippen LogP contribution < -0.4 is 16.0 Å². The second kappa shape index (κ2) is 7.37. The van der Waals surface area contributed by atoms with Crippen LogP contribution in [-0.2, 0) is 6.54 Å². The molecule has 134 valence electrons. The summed E-state index contributed by atoms with van der Waals surface area (Å²) in [5.41, 5.74) is 6.00. The lowest BCUT2D eigenvalue weighted by atomic mass is 10.1. The van der Waals surface area contributed by atoms with E-state index in [-0.39, 0.29) is 18.8 Å². The quantitative estimate of drug-likeness (QED) is 0.693. The van der Waals surface area contributed by atoms with Crippen LogP contribution in [0.5, 0.6) is 5.75 Å². The molecule has 0 bridgehead atoms. The average molecular weight is 353 g/mol. The fourth-order valence-corrected chi connectivity index (χ4v) is 2.69. The van der Waals surface area contributed by atoms with E-state index in [1.807, 2.05) is 25.1 Å². The number of rotatable bonds is 6. The van der Waals surface area contributed by atoms with Crippen molar-refractivity contribution >= 4 is 16.7 Å². The number of amides is 1. The average Bonchev–Trinajstić information content (AvgIpc) is 2.62. The Hall–Kier alpha value is -3.19. The molecule has 1 amide bonds. The summed E-state index contributed by atoms with van der Waals surface area (Å²) in [6.45, 7) is 1.80. The topological polar surface area (TPSA) is 107 Å².